The van der Waals surface area contributed by atoms with E-state index in [1.54, 1.807) is 21.3 Å². The summed E-state index contributed by atoms with van der Waals surface area (Å²) in [7, 11) is 6.12. The van der Waals surface area contributed by atoms with Crippen LogP contribution in [-0.2, 0) is 11.2 Å². The second-order valence-electron chi connectivity index (χ2n) is 6.87. The Morgan fingerprint density at radius 3 is 2.23 bits per heavy atom. The third kappa shape index (κ3) is 3.84. The van der Waals surface area contributed by atoms with Gasteiger partial charge in [-0.15, -0.1) is 0 Å². The Morgan fingerprint density at radius 2 is 1.67 bits per heavy atom. The minimum atomic E-state index is -0.358. The summed E-state index contributed by atoms with van der Waals surface area (Å²) in [6, 6.07) is 4.89. The molecule has 0 saturated carbocycles. The summed E-state index contributed by atoms with van der Waals surface area (Å²) in [5, 5.41) is 2.97. The van der Waals surface area contributed by atoms with Gasteiger partial charge in [-0.1, -0.05) is 0 Å². The summed E-state index contributed by atoms with van der Waals surface area (Å²) in [5.41, 5.74) is 2.89. The smallest absolute Gasteiger partial charge is 0.221 e. The molecule has 2 aromatic rings. The lowest BCUT2D eigenvalue weighted by Gasteiger charge is -2.19. The van der Waals surface area contributed by atoms with E-state index in [0.717, 1.165) is 16.7 Å². The Balaban J connectivity index is 2.47. The second kappa shape index (κ2) is 8.95. The van der Waals surface area contributed by atoms with E-state index >= 15 is 0 Å². The number of rotatable bonds is 5. The van der Waals surface area contributed by atoms with E-state index in [0.29, 0.717) is 40.1 Å². The largest absolute Gasteiger partial charge is 0.493 e. The maximum atomic E-state index is 12.8. The van der Waals surface area contributed by atoms with Crippen molar-refractivity contribution in [2.24, 2.45) is 0 Å². The molecule has 0 fully saturated rings. The van der Waals surface area contributed by atoms with Crippen molar-refractivity contribution in [1.29, 1.82) is 0 Å². The molecule has 1 amide bonds. The lowest BCUT2D eigenvalue weighted by atomic mass is 9.95. The predicted octanol–water partition coefficient (Wildman–Crippen LogP) is 3.63. The van der Waals surface area contributed by atoms with Crippen molar-refractivity contribution in [1.82, 2.24) is 5.32 Å². The van der Waals surface area contributed by atoms with Crippen molar-refractivity contribution >= 4 is 21.8 Å². The number of aryl methyl sites for hydroxylation is 1. The summed E-state index contributed by atoms with van der Waals surface area (Å²) in [4.78, 5) is 24.7. The molecular formula is C22H24BrNO6. The third-order valence-corrected chi connectivity index (χ3v) is 5.74. The summed E-state index contributed by atoms with van der Waals surface area (Å²) < 4.78 is 22.6. The van der Waals surface area contributed by atoms with E-state index in [1.807, 2.05) is 12.1 Å². The highest BCUT2D eigenvalue weighted by Gasteiger charge is 2.30. The fraction of sp³-hybridized carbons (Fsp3) is 0.364. The molecule has 1 N–H and O–H groups in total. The first-order valence-corrected chi connectivity index (χ1v) is 10.2. The molecule has 0 aromatic heterocycles. The number of benzene rings is 1. The quantitative estimate of drug-likeness (QED) is 0.707. The van der Waals surface area contributed by atoms with Gasteiger partial charge in [-0.05, 0) is 63.7 Å². The molecule has 0 aliphatic heterocycles. The minimum Gasteiger partial charge on any atom is -0.493 e. The second-order valence-corrected chi connectivity index (χ2v) is 7.73. The van der Waals surface area contributed by atoms with E-state index in [2.05, 4.69) is 21.2 Å². The molecule has 160 valence electrons. The highest BCUT2D eigenvalue weighted by atomic mass is 79.9. The van der Waals surface area contributed by atoms with Crippen LogP contribution >= 0.6 is 15.9 Å². The number of nitrogens with one attached hydrogen (secondary N) is 1. The summed E-state index contributed by atoms with van der Waals surface area (Å²) in [5.74, 6) is 1.52. The van der Waals surface area contributed by atoms with Crippen molar-refractivity contribution in [3.63, 3.8) is 0 Å². The molecule has 1 unspecified atom stereocenters. The van der Waals surface area contributed by atoms with Gasteiger partial charge in [0.2, 0.25) is 17.1 Å². The van der Waals surface area contributed by atoms with Crippen LogP contribution in [-0.4, -0.2) is 34.3 Å². The SMILES string of the molecule is COc1cc2c(c(OC)c1OC)-c1cc(Br)c(OC)c(=O)cc1C(NC(C)=O)CC2. The maximum Gasteiger partial charge on any atom is 0.221 e. The standard InChI is InChI=1S/C22H24BrNO6/c1-11(25)24-16-7-6-12-8-18(27-2)21(29-4)22(30-5)19(12)14-9-15(23)20(28-3)17(26)10-13(14)16/h8-10,16H,6-7H2,1-5H3,(H,24,25). The zero-order chi connectivity index (χ0) is 22.0. The predicted molar refractivity (Wildman–Crippen MR) is 117 cm³/mol. The Labute approximate surface area is 183 Å². The molecule has 0 heterocycles. The van der Waals surface area contributed by atoms with E-state index < -0.39 is 0 Å². The van der Waals surface area contributed by atoms with Gasteiger partial charge in [-0.3, -0.25) is 9.59 Å². The molecule has 0 bridgehead atoms. The summed E-state index contributed by atoms with van der Waals surface area (Å²) >= 11 is 3.47. The van der Waals surface area contributed by atoms with Crippen LogP contribution in [0.1, 0.15) is 30.5 Å². The van der Waals surface area contributed by atoms with Crippen LogP contribution < -0.4 is 29.7 Å². The van der Waals surface area contributed by atoms with Crippen molar-refractivity contribution < 1.29 is 23.7 Å². The number of hydrogen-bond donors (Lipinski definition) is 1. The van der Waals surface area contributed by atoms with Crippen molar-refractivity contribution in [3.8, 4) is 34.1 Å². The fourth-order valence-electron chi connectivity index (χ4n) is 3.93. The Bertz CT molecular complexity index is 1050. The molecule has 0 spiro atoms. The first kappa shape index (κ1) is 22.0. The normalized spacial score (nSPS) is 14.7. The van der Waals surface area contributed by atoms with Gasteiger partial charge in [0.25, 0.3) is 0 Å². The summed E-state index contributed by atoms with van der Waals surface area (Å²) in [6.45, 7) is 1.46. The number of carbonyl (C=O) groups excluding carboxylic acids is 1. The number of amides is 1. The highest BCUT2D eigenvalue weighted by Crippen LogP contribution is 2.50. The van der Waals surface area contributed by atoms with Gasteiger partial charge >= 0.3 is 0 Å². The van der Waals surface area contributed by atoms with Crippen LogP contribution in [0, 0.1) is 0 Å². The van der Waals surface area contributed by atoms with Gasteiger partial charge in [0.05, 0.1) is 39.0 Å². The minimum absolute atomic E-state index is 0.177. The topological polar surface area (TPSA) is 83.1 Å². The van der Waals surface area contributed by atoms with Gasteiger partial charge in [0, 0.05) is 12.5 Å². The van der Waals surface area contributed by atoms with E-state index in [9.17, 15) is 9.59 Å². The van der Waals surface area contributed by atoms with Gasteiger partial charge in [-0.25, -0.2) is 0 Å². The van der Waals surface area contributed by atoms with Crippen molar-refractivity contribution in [3.05, 3.63) is 44.0 Å². The van der Waals surface area contributed by atoms with Crippen molar-refractivity contribution in [2.45, 2.75) is 25.8 Å². The monoisotopic (exact) mass is 477 g/mol. The Hall–Kier alpha value is -2.74. The third-order valence-electron chi connectivity index (χ3n) is 5.15. The van der Waals surface area contributed by atoms with E-state index in [4.69, 9.17) is 18.9 Å². The molecule has 0 radical (unpaired) electrons. The van der Waals surface area contributed by atoms with Crippen molar-refractivity contribution in [2.75, 3.05) is 28.4 Å². The molecule has 1 aliphatic rings. The lowest BCUT2D eigenvalue weighted by molar-refractivity contribution is -0.119. The number of methoxy groups -OCH3 is 4. The van der Waals surface area contributed by atoms with Gasteiger partial charge in [0.1, 0.15) is 0 Å². The Morgan fingerprint density at radius 1 is 1.00 bits per heavy atom. The average molecular weight is 478 g/mol. The first-order valence-electron chi connectivity index (χ1n) is 9.37. The molecule has 8 heteroatoms. The first-order chi connectivity index (χ1) is 14.4. The van der Waals surface area contributed by atoms with Crippen LogP contribution in [0.25, 0.3) is 11.1 Å². The van der Waals surface area contributed by atoms with E-state index in [-0.39, 0.29) is 23.1 Å². The number of carbonyl (C=O) groups is 1. The number of ether oxygens (including phenoxy) is 4. The molecule has 1 aliphatic carbocycles. The van der Waals surface area contributed by atoms with Crippen LogP contribution in [0.3, 0.4) is 0 Å². The molecule has 2 aromatic carbocycles. The number of fused-ring (bicyclic) bond motifs is 3. The van der Waals surface area contributed by atoms with Gasteiger partial charge in [-0.2, -0.15) is 0 Å². The van der Waals surface area contributed by atoms with Crippen LogP contribution in [0.15, 0.2) is 27.5 Å². The van der Waals surface area contributed by atoms with E-state index in [1.165, 1.54) is 20.1 Å². The fourth-order valence-corrected chi connectivity index (χ4v) is 4.52. The molecule has 0 saturated heterocycles. The number of halogens is 1. The zero-order valence-electron chi connectivity index (χ0n) is 17.6. The van der Waals surface area contributed by atoms with Crippen LogP contribution in [0.2, 0.25) is 0 Å². The molecule has 1 atom stereocenters. The molecule has 7 nitrogen and oxygen atoms in total. The Kier molecular flexibility index (Phi) is 6.55. The zero-order valence-corrected chi connectivity index (χ0v) is 19.1. The maximum absolute atomic E-state index is 12.8. The molecule has 30 heavy (non-hydrogen) atoms. The van der Waals surface area contributed by atoms with Crippen LogP contribution in [0.5, 0.6) is 23.0 Å². The molecule has 3 rings (SSSR count). The summed E-state index contributed by atoms with van der Waals surface area (Å²) in [6.07, 6.45) is 1.24. The average Bonchev–Trinajstić information content (AvgIpc) is 2.92. The highest BCUT2D eigenvalue weighted by molar-refractivity contribution is 9.10. The number of hydrogen-bond acceptors (Lipinski definition) is 6. The molecular weight excluding hydrogens is 454 g/mol. The van der Waals surface area contributed by atoms with Crippen LogP contribution in [0.4, 0.5) is 0 Å². The van der Waals surface area contributed by atoms with Gasteiger partial charge < -0.3 is 24.3 Å². The lowest BCUT2D eigenvalue weighted by Crippen LogP contribution is -2.26. The van der Waals surface area contributed by atoms with Gasteiger partial charge in [0.15, 0.2) is 17.2 Å².